The fraction of sp³-hybridized carbons (Fsp3) is 0.0769. The number of phenols is 1. The van der Waals surface area contributed by atoms with Crippen molar-refractivity contribution in [1.29, 1.82) is 0 Å². The van der Waals surface area contributed by atoms with E-state index in [2.05, 4.69) is 4.72 Å². The highest BCUT2D eigenvalue weighted by molar-refractivity contribution is 7.92. The molecule has 2 aromatic carbocycles. The number of rotatable bonds is 3. The molecule has 20 heavy (non-hydrogen) atoms. The molecule has 0 heterocycles. The third-order valence-corrected chi connectivity index (χ3v) is 4.21. The van der Waals surface area contributed by atoms with Gasteiger partial charge in [0.2, 0.25) is 0 Å². The lowest BCUT2D eigenvalue weighted by molar-refractivity contribution is 0.475. The maximum absolute atomic E-state index is 13.3. The molecule has 0 saturated heterocycles. The second-order valence-corrected chi connectivity index (χ2v) is 5.95. The number of sulfonamides is 1. The number of halogens is 1. The van der Waals surface area contributed by atoms with Gasteiger partial charge in [0.25, 0.3) is 10.0 Å². The summed E-state index contributed by atoms with van der Waals surface area (Å²) in [7, 11) is -3.91. The van der Waals surface area contributed by atoms with E-state index in [-0.39, 0.29) is 27.6 Å². The van der Waals surface area contributed by atoms with Crippen LogP contribution in [0.5, 0.6) is 5.75 Å². The van der Waals surface area contributed by atoms with Gasteiger partial charge in [0, 0.05) is 6.07 Å². The van der Waals surface area contributed by atoms with E-state index in [0.717, 1.165) is 12.1 Å². The summed E-state index contributed by atoms with van der Waals surface area (Å²) in [6.07, 6.45) is 0. The first-order valence-electron chi connectivity index (χ1n) is 5.67. The molecule has 0 aliphatic heterocycles. The number of nitrogens with one attached hydrogen (secondary N) is 1. The van der Waals surface area contributed by atoms with Gasteiger partial charge in [-0.1, -0.05) is 6.07 Å². The number of aryl methyl sites for hydroxylation is 1. The molecule has 0 atom stereocenters. The van der Waals surface area contributed by atoms with Crippen LogP contribution in [0.25, 0.3) is 0 Å². The standard InChI is InChI=1S/C13H13FN2O3S/c1-8-5-11(14)12(15)7-13(8)20(18,19)16-9-3-2-4-10(17)6-9/h2-7,16-17H,15H2,1H3. The number of nitrogen functional groups attached to an aromatic ring is 1. The van der Waals surface area contributed by atoms with Crippen molar-refractivity contribution in [3.63, 3.8) is 0 Å². The summed E-state index contributed by atoms with van der Waals surface area (Å²) in [4.78, 5) is -0.111. The highest BCUT2D eigenvalue weighted by atomic mass is 32.2. The summed E-state index contributed by atoms with van der Waals surface area (Å²) in [6.45, 7) is 1.47. The van der Waals surface area contributed by atoms with Gasteiger partial charge in [-0.3, -0.25) is 4.72 Å². The molecule has 2 aromatic rings. The highest BCUT2D eigenvalue weighted by Gasteiger charge is 2.19. The number of hydrogen-bond acceptors (Lipinski definition) is 4. The van der Waals surface area contributed by atoms with Crippen molar-refractivity contribution < 1.29 is 17.9 Å². The van der Waals surface area contributed by atoms with Gasteiger partial charge in [0.1, 0.15) is 11.6 Å². The minimum absolute atomic E-state index is 0.0689. The SMILES string of the molecule is Cc1cc(F)c(N)cc1S(=O)(=O)Nc1cccc(O)c1. The van der Waals surface area contributed by atoms with Crippen LogP contribution in [0.1, 0.15) is 5.56 Å². The van der Waals surface area contributed by atoms with E-state index in [1.807, 2.05) is 0 Å². The van der Waals surface area contributed by atoms with Crippen LogP contribution in [0.3, 0.4) is 0 Å². The lowest BCUT2D eigenvalue weighted by atomic mass is 10.2. The fourth-order valence-corrected chi connectivity index (χ4v) is 3.05. The Hall–Kier alpha value is -2.28. The first-order chi connectivity index (χ1) is 9.29. The number of hydrogen-bond donors (Lipinski definition) is 3. The molecule has 0 fully saturated rings. The normalized spacial score (nSPS) is 11.3. The fourth-order valence-electron chi connectivity index (χ4n) is 1.74. The molecular formula is C13H13FN2O3S. The minimum Gasteiger partial charge on any atom is -0.508 e. The van der Waals surface area contributed by atoms with Gasteiger partial charge in [0.15, 0.2) is 0 Å². The van der Waals surface area contributed by atoms with Gasteiger partial charge in [-0.25, -0.2) is 12.8 Å². The number of aromatic hydroxyl groups is 1. The Morgan fingerprint density at radius 1 is 1.25 bits per heavy atom. The number of benzene rings is 2. The van der Waals surface area contributed by atoms with Crippen molar-refractivity contribution in [2.24, 2.45) is 0 Å². The van der Waals surface area contributed by atoms with Crippen LogP contribution in [0.4, 0.5) is 15.8 Å². The van der Waals surface area contributed by atoms with Crippen molar-refractivity contribution in [1.82, 2.24) is 0 Å². The molecule has 5 nitrogen and oxygen atoms in total. The highest BCUT2D eigenvalue weighted by Crippen LogP contribution is 2.25. The van der Waals surface area contributed by atoms with Crippen LogP contribution in [0.15, 0.2) is 41.3 Å². The summed E-state index contributed by atoms with van der Waals surface area (Å²) in [5.74, 6) is -0.737. The van der Waals surface area contributed by atoms with E-state index in [1.165, 1.54) is 31.2 Å². The molecule has 0 radical (unpaired) electrons. The summed E-state index contributed by atoms with van der Waals surface area (Å²) < 4.78 is 40.0. The summed E-state index contributed by atoms with van der Waals surface area (Å²) in [5.41, 5.74) is 5.59. The summed E-state index contributed by atoms with van der Waals surface area (Å²) in [6, 6.07) is 7.79. The van der Waals surface area contributed by atoms with Crippen molar-refractivity contribution in [2.45, 2.75) is 11.8 Å². The van der Waals surface area contributed by atoms with E-state index in [4.69, 9.17) is 5.73 Å². The molecule has 0 bridgehead atoms. The number of nitrogens with two attached hydrogens (primary N) is 1. The lowest BCUT2D eigenvalue weighted by Crippen LogP contribution is -2.15. The Morgan fingerprint density at radius 2 is 1.95 bits per heavy atom. The first-order valence-corrected chi connectivity index (χ1v) is 7.15. The molecule has 0 aliphatic carbocycles. The largest absolute Gasteiger partial charge is 0.508 e. The van der Waals surface area contributed by atoms with Crippen LogP contribution >= 0.6 is 0 Å². The minimum atomic E-state index is -3.91. The number of anilines is 2. The molecular weight excluding hydrogens is 283 g/mol. The Kier molecular flexibility index (Phi) is 3.54. The van der Waals surface area contributed by atoms with Gasteiger partial charge in [0.05, 0.1) is 16.3 Å². The van der Waals surface area contributed by atoms with Crippen molar-refractivity contribution in [2.75, 3.05) is 10.5 Å². The lowest BCUT2D eigenvalue weighted by Gasteiger charge is -2.11. The average molecular weight is 296 g/mol. The van der Waals surface area contributed by atoms with E-state index >= 15 is 0 Å². The van der Waals surface area contributed by atoms with Crippen LogP contribution < -0.4 is 10.5 Å². The Balaban J connectivity index is 2.43. The zero-order valence-electron chi connectivity index (χ0n) is 10.6. The molecule has 4 N–H and O–H groups in total. The molecule has 7 heteroatoms. The van der Waals surface area contributed by atoms with Gasteiger partial charge in [-0.05, 0) is 36.8 Å². The van der Waals surface area contributed by atoms with Gasteiger partial charge in [-0.15, -0.1) is 0 Å². The van der Waals surface area contributed by atoms with Crippen LogP contribution in [-0.4, -0.2) is 13.5 Å². The average Bonchev–Trinajstić information content (AvgIpc) is 2.33. The van der Waals surface area contributed by atoms with Crippen LogP contribution in [0, 0.1) is 12.7 Å². The third kappa shape index (κ3) is 2.83. The van der Waals surface area contributed by atoms with Gasteiger partial charge >= 0.3 is 0 Å². The molecule has 0 spiro atoms. The monoisotopic (exact) mass is 296 g/mol. The zero-order valence-corrected chi connectivity index (χ0v) is 11.4. The zero-order chi connectivity index (χ0) is 14.9. The molecule has 0 aliphatic rings. The van der Waals surface area contributed by atoms with E-state index in [9.17, 15) is 17.9 Å². The maximum Gasteiger partial charge on any atom is 0.262 e. The second kappa shape index (κ2) is 5.01. The Morgan fingerprint density at radius 3 is 2.60 bits per heavy atom. The topological polar surface area (TPSA) is 92.4 Å². The Labute approximate surface area is 115 Å². The molecule has 0 amide bonds. The van der Waals surface area contributed by atoms with E-state index in [1.54, 1.807) is 0 Å². The maximum atomic E-state index is 13.3. The molecule has 0 aromatic heterocycles. The third-order valence-electron chi connectivity index (χ3n) is 2.68. The van der Waals surface area contributed by atoms with E-state index < -0.39 is 15.8 Å². The van der Waals surface area contributed by atoms with Crippen molar-refractivity contribution in [3.05, 3.63) is 47.8 Å². The predicted molar refractivity (Wildman–Crippen MR) is 74.5 cm³/mol. The van der Waals surface area contributed by atoms with Crippen molar-refractivity contribution >= 4 is 21.4 Å². The first kappa shape index (κ1) is 14.1. The van der Waals surface area contributed by atoms with Gasteiger partial charge < -0.3 is 10.8 Å². The summed E-state index contributed by atoms with van der Waals surface area (Å²) >= 11 is 0. The quantitative estimate of drug-likeness (QED) is 0.757. The molecule has 0 saturated carbocycles. The smallest absolute Gasteiger partial charge is 0.262 e. The van der Waals surface area contributed by atoms with Crippen LogP contribution in [-0.2, 0) is 10.0 Å². The molecule has 0 unspecified atom stereocenters. The van der Waals surface area contributed by atoms with Crippen LogP contribution in [0.2, 0.25) is 0 Å². The second-order valence-electron chi connectivity index (χ2n) is 4.30. The van der Waals surface area contributed by atoms with Crippen molar-refractivity contribution in [3.8, 4) is 5.75 Å². The Bertz CT molecular complexity index is 760. The number of phenolic OH excluding ortho intramolecular Hbond substituents is 1. The van der Waals surface area contributed by atoms with Gasteiger partial charge in [-0.2, -0.15) is 0 Å². The predicted octanol–water partition coefficient (Wildman–Crippen LogP) is 2.22. The molecule has 2 rings (SSSR count). The van der Waals surface area contributed by atoms with E-state index in [0.29, 0.717) is 0 Å². The summed E-state index contributed by atoms with van der Waals surface area (Å²) in [5, 5.41) is 9.31. The molecule has 106 valence electrons.